The van der Waals surface area contributed by atoms with Gasteiger partial charge in [0.15, 0.2) is 0 Å². The third-order valence-electron chi connectivity index (χ3n) is 3.90. The van der Waals surface area contributed by atoms with Crippen LogP contribution in [0.4, 0.5) is 0 Å². The van der Waals surface area contributed by atoms with Gasteiger partial charge in [-0.05, 0) is 24.8 Å². The van der Waals surface area contributed by atoms with Crippen LogP contribution in [0.25, 0.3) is 0 Å². The van der Waals surface area contributed by atoms with E-state index in [4.69, 9.17) is 10.6 Å². The molecule has 0 fully saturated rings. The summed E-state index contributed by atoms with van der Waals surface area (Å²) in [5.41, 5.74) is 1.20. The Bertz CT molecular complexity index is 524. The molecule has 2 atom stereocenters. The van der Waals surface area contributed by atoms with Gasteiger partial charge in [-0.2, -0.15) is 0 Å². The molecule has 1 aromatic rings. The third-order valence-corrected chi connectivity index (χ3v) is 3.90. The molecule has 0 aromatic heterocycles. The minimum Gasteiger partial charge on any atom is -0.465 e. The predicted molar refractivity (Wildman–Crippen MR) is 92.2 cm³/mol. The van der Waals surface area contributed by atoms with E-state index in [9.17, 15) is 4.79 Å². The summed E-state index contributed by atoms with van der Waals surface area (Å²) in [5, 5.41) is 1.87. The van der Waals surface area contributed by atoms with Crippen LogP contribution in [-0.2, 0) is 16.1 Å². The maximum Gasteiger partial charge on any atom is 0.316 e. The SMILES string of the molecule is CCCOC(=O)C1C=CCC(N(N)Cc2ccccc2)C/C=C\1. The number of hydrogen-bond donors (Lipinski definition) is 1. The van der Waals surface area contributed by atoms with Crippen molar-refractivity contribution in [2.24, 2.45) is 11.8 Å². The zero-order valence-corrected chi connectivity index (χ0v) is 13.7. The molecule has 0 amide bonds. The molecule has 0 saturated carbocycles. The Morgan fingerprint density at radius 2 is 1.87 bits per heavy atom. The van der Waals surface area contributed by atoms with Gasteiger partial charge in [0.2, 0.25) is 0 Å². The first-order valence-corrected chi connectivity index (χ1v) is 8.26. The van der Waals surface area contributed by atoms with E-state index < -0.39 is 0 Å². The zero-order valence-electron chi connectivity index (χ0n) is 13.7. The first-order chi connectivity index (χ1) is 11.2. The molecule has 2 unspecified atom stereocenters. The van der Waals surface area contributed by atoms with Crippen LogP contribution in [0.15, 0.2) is 54.6 Å². The van der Waals surface area contributed by atoms with Crippen molar-refractivity contribution >= 4 is 5.97 Å². The van der Waals surface area contributed by atoms with E-state index in [1.165, 1.54) is 5.56 Å². The lowest BCUT2D eigenvalue weighted by Crippen LogP contribution is -2.40. The highest BCUT2D eigenvalue weighted by molar-refractivity contribution is 5.76. The van der Waals surface area contributed by atoms with Crippen molar-refractivity contribution in [3.8, 4) is 0 Å². The molecule has 23 heavy (non-hydrogen) atoms. The first-order valence-electron chi connectivity index (χ1n) is 8.26. The van der Waals surface area contributed by atoms with E-state index in [0.29, 0.717) is 6.61 Å². The van der Waals surface area contributed by atoms with E-state index in [1.807, 2.05) is 54.4 Å². The fraction of sp³-hybridized carbons (Fsp3) is 0.421. The van der Waals surface area contributed by atoms with Gasteiger partial charge in [-0.15, -0.1) is 0 Å². The van der Waals surface area contributed by atoms with Gasteiger partial charge in [0.05, 0.1) is 12.5 Å². The van der Waals surface area contributed by atoms with Crippen LogP contribution in [0.1, 0.15) is 31.7 Å². The molecule has 2 rings (SSSR count). The van der Waals surface area contributed by atoms with Crippen LogP contribution in [0.5, 0.6) is 0 Å². The van der Waals surface area contributed by atoms with Crippen LogP contribution < -0.4 is 5.84 Å². The Morgan fingerprint density at radius 3 is 2.48 bits per heavy atom. The van der Waals surface area contributed by atoms with Crippen molar-refractivity contribution in [3.05, 3.63) is 60.2 Å². The largest absolute Gasteiger partial charge is 0.465 e. The number of carbonyl (C=O) groups excluding carboxylic acids is 1. The molecule has 4 heteroatoms. The molecule has 0 saturated heterocycles. The van der Waals surface area contributed by atoms with Gasteiger partial charge in [0.1, 0.15) is 0 Å². The van der Waals surface area contributed by atoms with Crippen molar-refractivity contribution in [2.45, 2.75) is 38.8 Å². The summed E-state index contributed by atoms with van der Waals surface area (Å²) in [6.07, 6.45) is 10.4. The molecule has 0 bridgehead atoms. The second-order valence-electron chi connectivity index (χ2n) is 5.83. The van der Waals surface area contributed by atoms with E-state index in [1.54, 1.807) is 0 Å². The van der Waals surface area contributed by atoms with E-state index >= 15 is 0 Å². The molecule has 0 radical (unpaired) electrons. The number of hydrogen-bond acceptors (Lipinski definition) is 4. The second-order valence-corrected chi connectivity index (χ2v) is 5.83. The number of benzene rings is 1. The van der Waals surface area contributed by atoms with Crippen LogP contribution in [0.3, 0.4) is 0 Å². The van der Waals surface area contributed by atoms with Gasteiger partial charge >= 0.3 is 5.97 Å². The molecule has 4 nitrogen and oxygen atoms in total. The summed E-state index contributed by atoms with van der Waals surface area (Å²) in [6.45, 7) is 3.19. The van der Waals surface area contributed by atoms with Crippen molar-refractivity contribution in [2.75, 3.05) is 6.61 Å². The normalized spacial score (nSPS) is 22.4. The molecule has 124 valence electrons. The highest BCUT2D eigenvalue weighted by Gasteiger charge is 2.18. The van der Waals surface area contributed by atoms with Gasteiger partial charge in [-0.1, -0.05) is 61.6 Å². The number of ether oxygens (including phenoxy) is 1. The Labute approximate surface area is 138 Å². The lowest BCUT2D eigenvalue weighted by Gasteiger charge is -2.27. The van der Waals surface area contributed by atoms with Gasteiger partial charge in [-0.25, -0.2) is 5.01 Å². The molecular weight excluding hydrogens is 288 g/mol. The molecule has 0 spiro atoms. The predicted octanol–water partition coefficient (Wildman–Crippen LogP) is 3.21. The van der Waals surface area contributed by atoms with Crippen LogP contribution in [0.2, 0.25) is 0 Å². The standard InChI is InChI=1S/C19H26N2O2/c1-2-14-23-19(22)17-10-6-12-18(13-7-11-17)21(20)15-16-8-4-3-5-9-16/h3-11,17-18H,2,12-15,20H2,1H3/b10-6-,11-7?. The quantitative estimate of drug-likeness (QED) is 0.379. The maximum atomic E-state index is 11.9. The topological polar surface area (TPSA) is 55.6 Å². The highest BCUT2D eigenvalue weighted by Crippen LogP contribution is 2.17. The van der Waals surface area contributed by atoms with Crippen molar-refractivity contribution in [1.82, 2.24) is 5.01 Å². The van der Waals surface area contributed by atoms with Crippen LogP contribution in [-0.4, -0.2) is 23.6 Å². The van der Waals surface area contributed by atoms with Gasteiger partial charge in [0, 0.05) is 12.6 Å². The minimum atomic E-state index is -0.275. The summed E-state index contributed by atoms with van der Waals surface area (Å²) < 4.78 is 5.20. The van der Waals surface area contributed by atoms with Crippen LogP contribution >= 0.6 is 0 Å². The zero-order chi connectivity index (χ0) is 16.5. The van der Waals surface area contributed by atoms with Gasteiger partial charge < -0.3 is 4.74 Å². The summed E-state index contributed by atoms with van der Waals surface area (Å²) in [5.74, 6) is 5.79. The summed E-state index contributed by atoms with van der Waals surface area (Å²) in [4.78, 5) is 11.9. The lowest BCUT2D eigenvalue weighted by atomic mass is 10.00. The Balaban J connectivity index is 1.89. The Kier molecular flexibility index (Phi) is 7.04. The molecule has 1 aliphatic carbocycles. The fourth-order valence-corrected chi connectivity index (χ4v) is 2.58. The number of nitrogens with two attached hydrogens (primary N) is 1. The van der Waals surface area contributed by atoms with Gasteiger partial charge in [0.25, 0.3) is 0 Å². The van der Waals surface area contributed by atoms with Crippen molar-refractivity contribution in [1.29, 1.82) is 0 Å². The number of nitrogens with zero attached hydrogens (tertiary/aromatic N) is 1. The third kappa shape index (κ3) is 5.66. The number of hydrazine groups is 1. The smallest absolute Gasteiger partial charge is 0.316 e. The fourth-order valence-electron chi connectivity index (χ4n) is 2.58. The highest BCUT2D eigenvalue weighted by atomic mass is 16.5. The molecule has 0 heterocycles. The summed E-state index contributed by atoms with van der Waals surface area (Å²) in [7, 11) is 0. The van der Waals surface area contributed by atoms with Crippen molar-refractivity contribution < 1.29 is 9.53 Å². The van der Waals surface area contributed by atoms with E-state index in [2.05, 4.69) is 12.1 Å². The lowest BCUT2D eigenvalue weighted by molar-refractivity contribution is -0.145. The number of esters is 1. The summed E-state index contributed by atoms with van der Waals surface area (Å²) >= 11 is 0. The summed E-state index contributed by atoms with van der Waals surface area (Å²) in [6, 6.07) is 10.4. The average molecular weight is 314 g/mol. The van der Waals surface area contributed by atoms with Crippen molar-refractivity contribution in [3.63, 3.8) is 0 Å². The van der Waals surface area contributed by atoms with Gasteiger partial charge in [-0.3, -0.25) is 10.6 Å². The Hall–Kier alpha value is -1.91. The number of rotatable bonds is 6. The second kappa shape index (κ2) is 9.28. The molecule has 1 aromatic carbocycles. The minimum absolute atomic E-state index is 0.174. The Morgan fingerprint density at radius 1 is 1.22 bits per heavy atom. The molecular formula is C19H26N2O2. The maximum absolute atomic E-state index is 11.9. The first kappa shape index (κ1) is 17.4. The average Bonchev–Trinajstić information content (AvgIpc) is 2.53. The number of carbonyl (C=O) groups is 1. The monoisotopic (exact) mass is 314 g/mol. The molecule has 0 aliphatic heterocycles. The molecule has 1 aliphatic rings. The van der Waals surface area contributed by atoms with E-state index in [0.717, 1.165) is 25.8 Å². The molecule has 2 N–H and O–H groups in total. The van der Waals surface area contributed by atoms with Crippen LogP contribution in [0, 0.1) is 5.92 Å². The van der Waals surface area contributed by atoms with E-state index in [-0.39, 0.29) is 17.9 Å².